The number of thiophene rings is 1. The molecule has 1 aliphatic heterocycles. The average molecular weight is 184 g/mol. The lowest BCUT2D eigenvalue weighted by Gasteiger charge is -2.23. The van der Waals surface area contributed by atoms with Crippen LogP contribution in [0.1, 0.15) is 19.8 Å². The third-order valence-electron chi connectivity index (χ3n) is 1.92. The molecule has 0 saturated heterocycles. The maximum Gasteiger partial charge on any atom is 0.172 e. The summed E-state index contributed by atoms with van der Waals surface area (Å²) in [6.07, 6.45) is 2.49. The maximum atomic E-state index is 5.70. The first-order chi connectivity index (χ1) is 5.90. The summed E-state index contributed by atoms with van der Waals surface area (Å²) in [5.41, 5.74) is 0. The van der Waals surface area contributed by atoms with Crippen molar-refractivity contribution in [2.45, 2.75) is 25.9 Å². The Morgan fingerprint density at radius 2 is 2.33 bits per heavy atom. The van der Waals surface area contributed by atoms with Crippen LogP contribution in [0.4, 0.5) is 0 Å². The Morgan fingerprint density at radius 3 is 3.17 bits per heavy atom. The Bertz CT molecular complexity index is 257. The van der Waals surface area contributed by atoms with Crippen molar-refractivity contribution in [3.8, 4) is 11.5 Å². The van der Waals surface area contributed by atoms with Crippen LogP contribution in [-0.4, -0.2) is 12.7 Å². The van der Waals surface area contributed by atoms with Gasteiger partial charge in [0.05, 0.1) is 0 Å². The maximum absolute atomic E-state index is 5.70. The SMILES string of the molecule is CCCC1COc2cscc2O1. The molecule has 0 saturated carbocycles. The second kappa shape index (κ2) is 3.35. The highest BCUT2D eigenvalue weighted by atomic mass is 32.1. The highest BCUT2D eigenvalue weighted by Crippen LogP contribution is 2.35. The Kier molecular flexibility index (Phi) is 2.21. The van der Waals surface area contributed by atoms with Crippen molar-refractivity contribution in [1.29, 1.82) is 0 Å². The lowest BCUT2D eigenvalue weighted by Crippen LogP contribution is -2.28. The van der Waals surface area contributed by atoms with Crippen LogP contribution in [-0.2, 0) is 0 Å². The van der Waals surface area contributed by atoms with Crippen LogP contribution in [0.5, 0.6) is 11.5 Å². The van der Waals surface area contributed by atoms with Gasteiger partial charge < -0.3 is 9.47 Å². The number of fused-ring (bicyclic) bond motifs is 1. The zero-order valence-corrected chi connectivity index (χ0v) is 7.89. The second-order valence-electron chi connectivity index (χ2n) is 2.94. The highest BCUT2D eigenvalue weighted by Gasteiger charge is 2.20. The van der Waals surface area contributed by atoms with E-state index >= 15 is 0 Å². The van der Waals surface area contributed by atoms with E-state index in [1.165, 1.54) is 0 Å². The summed E-state index contributed by atoms with van der Waals surface area (Å²) >= 11 is 1.63. The number of hydrogen-bond donors (Lipinski definition) is 0. The Balaban J connectivity index is 2.05. The van der Waals surface area contributed by atoms with Crippen LogP contribution < -0.4 is 9.47 Å². The molecular formula is C9H12O2S. The van der Waals surface area contributed by atoms with Crippen LogP contribution in [0.25, 0.3) is 0 Å². The van der Waals surface area contributed by atoms with Crippen LogP contribution in [0.15, 0.2) is 10.8 Å². The molecule has 0 spiro atoms. The molecule has 2 heterocycles. The molecule has 1 atom stereocenters. The van der Waals surface area contributed by atoms with Gasteiger partial charge in [0.25, 0.3) is 0 Å². The number of ether oxygens (including phenoxy) is 2. The molecule has 0 aliphatic carbocycles. The largest absolute Gasteiger partial charge is 0.485 e. The number of hydrogen-bond acceptors (Lipinski definition) is 3. The zero-order valence-electron chi connectivity index (χ0n) is 7.08. The molecule has 0 amide bonds. The normalized spacial score (nSPS) is 20.9. The summed E-state index contributed by atoms with van der Waals surface area (Å²) < 4.78 is 11.2. The molecule has 1 aliphatic rings. The summed E-state index contributed by atoms with van der Waals surface area (Å²) in [6, 6.07) is 0. The van der Waals surface area contributed by atoms with E-state index in [-0.39, 0.29) is 6.10 Å². The van der Waals surface area contributed by atoms with Crippen molar-refractivity contribution in [1.82, 2.24) is 0 Å². The molecule has 2 nitrogen and oxygen atoms in total. The first-order valence-electron chi connectivity index (χ1n) is 4.25. The molecule has 12 heavy (non-hydrogen) atoms. The lowest BCUT2D eigenvalue weighted by molar-refractivity contribution is 0.0857. The highest BCUT2D eigenvalue weighted by molar-refractivity contribution is 7.08. The first-order valence-corrected chi connectivity index (χ1v) is 5.20. The molecule has 1 aromatic heterocycles. The van der Waals surface area contributed by atoms with Gasteiger partial charge in [0.15, 0.2) is 11.5 Å². The van der Waals surface area contributed by atoms with Gasteiger partial charge in [-0.3, -0.25) is 0 Å². The molecule has 0 fully saturated rings. The Hall–Kier alpha value is -0.700. The van der Waals surface area contributed by atoms with Crippen molar-refractivity contribution in [2.75, 3.05) is 6.61 Å². The monoisotopic (exact) mass is 184 g/mol. The van der Waals surface area contributed by atoms with Crippen molar-refractivity contribution in [3.63, 3.8) is 0 Å². The van der Waals surface area contributed by atoms with Gasteiger partial charge in [-0.05, 0) is 6.42 Å². The van der Waals surface area contributed by atoms with Crippen molar-refractivity contribution < 1.29 is 9.47 Å². The molecule has 1 aromatic rings. The minimum atomic E-state index is 0.261. The van der Waals surface area contributed by atoms with Crippen molar-refractivity contribution in [3.05, 3.63) is 10.8 Å². The predicted octanol–water partition coefficient (Wildman–Crippen LogP) is 2.69. The molecule has 1 unspecified atom stereocenters. The van der Waals surface area contributed by atoms with Crippen LogP contribution in [0.2, 0.25) is 0 Å². The molecule has 0 radical (unpaired) electrons. The Labute approximate surface area is 76.1 Å². The fourth-order valence-corrected chi connectivity index (χ4v) is 2.00. The van der Waals surface area contributed by atoms with Crippen molar-refractivity contribution in [2.24, 2.45) is 0 Å². The van der Waals surface area contributed by atoms with E-state index in [1.807, 2.05) is 10.8 Å². The van der Waals surface area contributed by atoms with Gasteiger partial charge in [0.2, 0.25) is 0 Å². The van der Waals surface area contributed by atoms with Crippen molar-refractivity contribution >= 4 is 11.3 Å². The van der Waals surface area contributed by atoms with Crippen LogP contribution >= 0.6 is 11.3 Å². The van der Waals surface area contributed by atoms with E-state index in [1.54, 1.807) is 11.3 Å². The first kappa shape index (κ1) is 7.92. The standard InChI is InChI=1S/C9H12O2S/c1-2-3-7-4-10-8-5-12-6-9(8)11-7/h5-7H,2-4H2,1H3. The third kappa shape index (κ3) is 1.41. The van der Waals surface area contributed by atoms with Gasteiger partial charge in [-0.15, -0.1) is 11.3 Å². The van der Waals surface area contributed by atoms with E-state index in [4.69, 9.17) is 9.47 Å². The third-order valence-corrected chi connectivity index (χ3v) is 2.62. The topological polar surface area (TPSA) is 18.5 Å². The average Bonchev–Trinajstić information content (AvgIpc) is 2.51. The lowest BCUT2D eigenvalue weighted by atomic mass is 10.2. The molecular weight excluding hydrogens is 172 g/mol. The van der Waals surface area contributed by atoms with Gasteiger partial charge in [-0.1, -0.05) is 13.3 Å². The fraction of sp³-hybridized carbons (Fsp3) is 0.556. The van der Waals surface area contributed by atoms with Gasteiger partial charge >= 0.3 is 0 Å². The molecule has 2 rings (SSSR count). The minimum Gasteiger partial charge on any atom is -0.485 e. The molecule has 3 heteroatoms. The molecule has 0 bridgehead atoms. The van der Waals surface area contributed by atoms with E-state index in [2.05, 4.69) is 6.92 Å². The molecule has 0 N–H and O–H groups in total. The van der Waals surface area contributed by atoms with Gasteiger partial charge in [0.1, 0.15) is 12.7 Å². The smallest absolute Gasteiger partial charge is 0.172 e. The summed E-state index contributed by atoms with van der Waals surface area (Å²) in [5, 5.41) is 3.98. The minimum absolute atomic E-state index is 0.261. The Morgan fingerprint density at radius 1 is 1.50 bits per heavy atom. The fourth-order valence-electron chi connectivity index (χ4n) is 1.33. The van der Waals surface area contributed by atoms with Gasteiger partial charge in [-0.25, -0.2) is 0 Å². The van der Waals surface area contributed by atoms with E-state index < -0.39 is 0 Å². The van der Waals surface area contributed by atoms with E-state index in [0.29, 0.717) is 6.61 Å². The predicted molar refractivity (Wildman–Crippen MR) is 49.1 cm³/mol. The van der Waals surface area contributed by atoms with Crippen LogP contribution in [0, 0.1) is 0 Å². The van der Waals surface area contributed by atoms with Gasteiger partial charge in [0, 0.05) is 10.8 Å². The summed E-state index contributed by atoms with van der Waals surface area (Å²) in [7, 11) is 0. The molecule has 0 aromatic carbocycles. The quantitative estimate of drug-likeness (QED) is 0.703. The summed E-state index contributed by atoms with van der Waals surface area (Å²) in [5.74, 6) is 1.83. The second-order valence-corrected chi connectivity index (χ2v) is 3.68. The zero-order chi connectivity index (χ0) is 8.39. The van der Waals surface area contributed by atoms with Crippen LogP contribution in [0.3, 0.4) is 0 Å². The number of rotatable bonds is 2. The van der Waals surface area contributed by atoms with Gasteiger partial charge in [-0.2, -0.15) is 0 Å². The van der Waals surface area contributed by atoms with E-state index in [0.717, 1.165) is 24.3 Å². The summed E-state index contributed by atoms with van der Waals surface area (Å²) in [4.78, 5) is 0. The summed E-state index contributed by atoms with van der Waals surface area (Å²) in [6.45, 7) is 2.87. The van der Waals surface area contributed by atoms with E-state index in [9.17, 15) is 0 Å². The molecule has 66 valence electrons.